The van der Waals surface area contributed by atoms with E-state index in [1.807, 2.05) is 0 Å². The molecule has 0 saturated heterocycles. The number of hydrogen-bond donors (Lipinski definition) is 1. The first kappa shape index (κ1) is 11.9. The van der Waals surface area contributed by atoms with Gasteiger partial charge in [-0.1, -0.05) is 11.6 Å². The van der Waals surface area contributed by atoms with Gasteiger partial charge in [-0.3, -0.25) is 9.67 Å². The van der Waals surface area contributed by atoms with Gasteiger partial charge >= 0.3 is 0 Å². The van der Waals surface area contributed by atoms with Crippen LogP contribution in [0.4, 0.5) is 5.69 Å². The maximum Gasteiger partial charge on any atom is 0.0906 e. The Morgan fingerprint density at radius 1 is 1.47 bits per heavy atom. The van der Waals surface area contributed by atoms with Gasteiger partial charge in [0.1, 0.15) is 0 Å². The fourth-order valence-corrected chi connectivity index (χ4v) is 1.82. The quantitative estimate of drug-likeness (QED) is 0.902. The summed E-state index contributed by atoms with van der Waals surface area (Å²) in [5.41, 5.74) is 8.09. The molecule has 0 atom stereocenters. The summed E-state index contributed by atoms with van der Waals surface area (Å²) in [6, 6.07) is 1.74. The van der Waals surface area contributed by atoms with Gasteiger partial charge in [-0.2, -0.15) is 5.10 Å². The van der Waals surface area contributed by atoms with Crippen molar-refractivity contribution in [3.8, 4) is 11.3 Å². The smallest absolute Gasteiger partial charge is 0.0906 e. The van der Waals surface area contributed by atoms with Gasteiger partial charge in [0.15, 0.2) is 0 Å². The number of pyridine rings is 1. The molecule has 6 heteroatoms. The van der Waals surface area contributed by atoms with E-state index >= 15 is 0 Å². The second-order valence-corrected chi connectivity index (χ2v) is 3.93. The Kier molecular flexibility index (Phi) is 3.61. The van der Waals surface area contributed by atoms with E-state index in [9.17, 15) is 0 Å². The zero-order valence-electron chi connectivity index (χ0n) is 9.43. The molecule has 2 heterocycles. The van der Waals surface area contributed by atoms with Gasteiger partial charge in [0.2, 0.25) is 0 Å². The summed E-state index contributed by atoms with van der Waals surface area (Å²) in [6.45, 7) is 1.18. The lowest BCUT2D eigenvalue weighted by Gasteiger charge is -2.09. The number of nitrogens with two attached hydrogens (primary N) is 1. The van der Waals surface area contributed by atoms with Crippen LogP contribution < -0.4 is 5.73 Å². The number of hydrogen-bond acceptors (Lipinski definition) is 4. The fourth-order valence-electron chi connectivity index (χ4n) is 1.58. The fraction of sp³-hybridized carbons (Fsp3) is 0.273. The average Bonchev–Trinajstić information content (AvgIpc) is 2.69. The van der Waals surface area contributed by atoms with Gasteiger partial charge in [-0.25, -0.2) is 0 Å². The first-order valence-corrected chi connectivity index (χ1v) is 5.52. The van der Waals surface area contributed by atoms with Crippen LogP contribution >= 0.6 is 11.6 Å². The maximum atomic E-state index is 6.12. The van der Waals surface area contributed by atoms with Crippen molar-refractivity contribution in [3.05, 3.63) is 29.7 Å². The van der Waals surface area contributed by atoms with Crippen LogP contribution in [0.3, 0.4) is 0 Å². The number of nitrogen functional groups attached to an aromatic ring is 1. The highest BCUT2D eigenvalue weighted by atomic mass is 35.5. The van der Waals surface area contributed by atoms with Crippen LogP contribution in [0.15, 0.2) is 24.7 Å². The minimum absolute atomic E-state index is 0.556. The van der Waals surface area contributed by atoms with Gasteiger partial charge in [-0.15, -0.1) is 0 Å². The predicted molar refractivity (Wildman–Crippen MR) is 66.8 cm³/mol. The Morgan fingerprint density at radius 2 is 2.29 bits per heavy atom. The molecule has 0 unspecified atom stereocenters. The first-order chi connectivity index (χ1) is 8.24. The first-order valence-electron chi connectivity index (χ1n) is 5.14. The van der Waals surface area contributed by atoms with Gasteiger partial charge < -0.3 is 10.5 Å². The molecule has 0 aliphatic rings. The molecule has 0 spiro atoms. The van der Waals surface area contributed by atoms with Crippen molar-refractivity contribution in [1.29, 1.82) is 0 Å². The van der Waals surface area contributed by atoms with Crippen LogP contribution in [0.2, 0.25) is 5.02 Å². The Labute approximate surface area is 104 Å². The second kappa shape index (κ2) is 5.16. The van der Waals surface area contributed by atoms with E-state index in [4.69, 9.17) is 22.1 Å². The topological polar surface area (TPSA) is 66.0 Å². The number of ether oxygens (including phenoxy) is 1. The third-order valence-corrected chi connectivity index (χ3v) is 2.69. The monoisotopic (exact) mass is 252 g/mol. The van der Waals surface area contributed by atoms with E-state index < -0.39 is 0 Å². The molecule has 90 valence electrons. The third-order valence-electron chi connectivity index (χ3n) is 2.41. The summed E-state index contributed by atoms with van der Waals surface area (Å²) >= 11 is 6.12. The highest BCUT2D eigenvalue weighted by Gasteiger charge is 2.13. The number of aromatic nitrogens is 3. The van der Waals surface area contributed by atoms with E-state index in [1.54, 1.807) is 36.4 Å². The Morgan fingerprint density at radius 3 is 3.00 bits per heavy atom. The molecule has 2 aromatic heterocycles. The summed E-state index contributed by atoms with van der Waals surface area (Å²) in [5, 5.41) is 4.75. The van der Waals surface area contributed by atoms with Crippen molar-refractivity contribution >= 4 is 17.3 Å². The maximum absolute atomic E-state index is 6.12. The number of rotatable bonds is 4. The molecule has 0 bridgehead atoms. The van der Waals surface area contributed by atoms with Crippen LogP contribution in [-0.2, 0) is 11.3 Å². The number of halogens is 1. The van der Waals surface area contributed by atoms with E-state index in [-0.39, 0.29) is 0 Å². The highest BCUT2D eigenvalue weighted by molar-refractivity contribution is 6.33. The van der Waals surface area contributed by atoms with Gasteiger partial charge in [-0.05, 0) is 6.07 Å². The number of anilines is 1. The molecular formula is C11H13ClN4O. The van der Waals surface area contributed by atoms with E-state index in [1.165, 1.54) is 0 Å². The molecule has 5 nitrogen and oxygen atoms in total. The highest BCUT2D eigenvalue weighted by Crippen LogP contribution is 2.30. The molecule has 2 rings (SSSR count). The minimum Gasteiger partial charge on any atom is -0.398 e. The average molecular weight is 253 g/mol. The Balaban J connectivity index is 2.44. The molecule has 2 N–H and O–H groups in total. The summed E-state index contributed by atoms with van der Waals surface area (Å²) in [4.78, 5) is 4.05. The zero-order valence-corrected chi connectivity index (χ0v) is 10.2. The van der Waals surface area contributed by atoms with Crippen LogP contribution in [0.25, 0.3) is 11.3 Å². The lowest BCUT2D eigenvalue weighted by molar-refractivity contribution is 0.184. The van der Waals surface area contributed by atoms with Crippen LogP contribution in [0, 0.1) is 0 Å². The summed E-state index contributed by atoms with van der Waals surface area (Å²) in [6.07, 6.45) is 4.92. The minimum atomic E-state index is 0.556. The van der Waals surface area contributed by atoms with Crippen molar-refractivity contribution in [2.75, 3.05) is 19.5 Å². The molecule has 0 radical (unpaired) electrons. The molecule has 0 amide bonds. The van der Waals surface area contributed by atoms with Gasteiger partial charge in [0.05, 0.1) is 30.1 Å². The zero-order chi connectivity index (χ0) is 12.3. The van der Waals surface area contributed by atoms with Crippen LogP contribution in [0.1, 0.15) is 0 Å². The van der Waals surface area contributed by atoms with Gasteiger partial charge in [0.25, 0.3) is 0 Å². The summed E-state index contributed by atoms with van der Waals surface area (Å²) in [7, 11) is 1.64. The predicted octanol–water partition coefficient (Wildman–Crippen LogP) is 1.83. The molecule has 0 aliphatic heterocycles. The second-order valence-electron chi connectivity index (χ2n) is 3.52. The SMILES string of the molecule is COCCn1ncc(Cl)c1-c1cnccc1N. The Hall–Kier alpha value is -1.59. The molecule has 0 aliphatic carbocycles. The van der Waals surface area contributed by atoms with Crippen LogP contribution in [0.5, 0.6) is 0 Å². The summed E-state index contributed by atoms with van der Waals surface area (Å²) < 4.78 is 6.79. The molecular weight excluding hydrogens is 240 g/mol. The molecule has 0 saturated carbocycles. The van der Waals surface area contributed by atoms with Crippen molar-refractivity contribution in [1.82, 2.24) is 14.8 Å². The molecule has 17 heavy (non-hydrogen) atoms. The Bertz CT molecular complexity index is 512. The number of methoxy groups -OCH3 is 1. The lowest BCUT2D eigenvalue weighted by atomic mass is 10.2. The van der Waals surface area contributed by atoms with E-state index in [0.29, 0.717) is 23.9 Å². The largest absolute Gasteiger partial charge is 0.398 e. The van der Waals surface area contributed by atoms with Crippen molar-refractivity contribution in [3.63, 3.8) is 0 Å². The summed E-state index contributed by atoms with van der Waals surface area (Å²) in [5.74, 6) is 0. The standard InChI is InChI=1S/C11H13ClN4O/c1-17-5-4-16-11(9(12)7-15-16)8-6-14-3-2-10(8)13/h2-3,6-7H,4-5H2,1H3,(H2,13,14). The third kappa shape index (κ3) is 2.40. The van der Waals surface area contributed by atoms with Crippen LogP contribution in [-0.4, -0.2) is 28.5 Å². The van der Waals surface area contributed by atoms with Gasteiger partial charge in [0, 0.05) is 30.8 Å². The van der Waals surface area contributed by atoms with Crippen molar-refractivity contribution in [2.45, 2.75) is 6.54 Å². The van der Waals surface area contributed by atoms with E-state index in [0.717, 1.165) is 11.3 Å². The molecule has 2 aromatic rings. The molecule has 0 aromatic carbocycles. The normalized spacial score (nSPS) is 10.7. The number of nitrogens with zero attached hydrogens (tertiary/aromatic N) is 3. The lowest BCUT2D eigenvalue weighted by Crippen LogP contribution is -2.08. The molecule has 0 fully saturated rings. The van der Waals surface area contributed by atoms with Crippen molar-refractivity contribution in [2.24, 2.45) is 0 Å². The van der Waals surface area contributed by atoms with E-state index in [2.05, 4.69) is 10.1 Å². The van der Waals surface area contributed by atoms with Crippen molar-refractivity contribution < 1.29 is 4.74 Å².